The lowest BCUT2D eigenvalue weighted by Crippen LogP contribution is -2.49. The van der Waals surface area contributed by atoms with Crippen molar-refractivity contribution in [2.45, 2.75) is 64.8 Å². The van der Waals surface area contributed by atoms with Crippen LogP contribution in [0.3, 0.4) is 0 Å². The lowest BCUT2D eigenvalue weighted by atomic mass is 10.0. The van der Waals surface area contributed by atoms with E-state index in [1.165, 1.54) is 45.9 Å². The molecule has 0 aromatic carbocycles. The Morgan fingerprint density at radius 3 is 2.36 bits per heavy atom. The van der Waals surface area contributed by atoms with Gasteiger partial charge in [-0.05, 0) is 44.7 Å². The number of unbranched alkanes of at least 4 members (excludes halogenated alkanes) is 1. The molecule has 0 saturated carbocycles. The van der Waals surface area contributed by atoms with E-state index in [2.05, 4.69) is 39.1 Å². The van der Waals surface area contributed by atoms with Gasteiger partial charge in [-0.3, -0.25) is 14.7 Å². The zero-order valence-electron chi connectivity index (χ0n) is 16.6. The minimum Gasteiger partial charge on any atom is -0.469 e. The van der Waals surface area contributed by atoms with Crippen LogP contribution in [-0.2, 0) is 9.53 Å². The first-order chi connectivity index (χ1) is 12.1. The molecule has 1 rings (SSSR count). The maximum atomic E-state index is 11.1. The predicted octanol–water partition coefficient (Wildman–Crippen LogP) is 2.40. The summed E-state index contributed by atoms with van der Waals surface area (Å²) in [4.78, 5) is 18.1. The van der Waals surface area contributed by atoms with Crippen molar-refractivity contribution in [2.24, 2.45) is 10.9 Å². The Hall–Kier alpha value is -1.30. The minimum absolute atomic E-state index is 0.139. The van der Waals surface area contributed by atoms with Crippen LogP contribution in [0.4, 0.5) is 0 Å². The van der Waals surface area contributed by atoms with E-state index in [9.17, 15) is 4.79 Å². The van der Waals surface area contributed by atoms with E-state index in [-0.39, 0.29) is 5.97 Å². The van der Waals surface area contributed by atoms with Gasteiger partial charge in [-0.2, -0.15) is 0 Å². The number of esters is 1. The summed E-state index contributed by atoms with van der Waals surface area (Å²) in [6, 6.07) is 0.538. The number of ether oxygens (including phenoxy) is 1. The van der Waals surface area contributed by atoms with Crippen LogP contribution in [0.25, 0.3) is 0 Å². The second-order valence-electron chi connectivity index (χ2n) is 7.17. The Balaban J connectivity index is 2.33. The van der Waals surface area contributed by atoms with E-state index in [1.54, 1.807) is 7.05 Å². The predicted molar refractivity (Wildman–Crippen MR) is 104 cm³/mol. The van der Waals surface area contributed by atoms with Crippen molar-refractivity contribution in [3.63, 3.8) is 0 Å². The lowest BCUT2D eigenvalue weighted by molar-refractivity contribution is -0.140. The first-order valence-electron chi connectivity index (χ1n) is 9.83. The molecule has 0 aliphatic carbocycles. The molecule has 0 spiro atoms. The number of hydrogen-bond donors (Lipinski definition) is 2. The van der Waals surface area contributed by atoms with Crippen LogP contribution in [-0.4, -0.2) is 63.2 Å². The van der Waals surface area contributed by atoms with E-state index in [0.717, 1.165) is 31.9 Å². The third-order valence-electron chi connectivity index (χ3n) is 4.91. The van der Waals surface area contributed by atoms with E-state index in [4.69, 9.17) is 0 Å². The number of nitrogens with one attached hydrogen (secondary N) is 2. The number of carbonyl (C=O) groups is 1. The average Bonchev–Trinajstić information content (AvgIpc) is 2.88. The quantitative estimate of drug-likeness (QED) is 0.288. The molecule has 0 aromatic rings. The fraction of sp³-hybridized carbons (Fsp3) is 0.895. The fourth-order valence-corrected chi connectivity index (χ4v) is 3.34. The summed E-state index contributed by atoms with van der Waals surface area (Å²) in [7, 11) is 3.24. The van der Waals surface area contributed by atoms with Gasteiger partial charge in [0.1, 0.15) is 0 Å². The molecule has 146 valence electrons. The summed E-state index contributed by atoms with van der Waals surface area (Å²) in [5, 5.41) is 6.82. The number of rotatable bonds is 9. The van der Waals surface area contributed by atoms with Crippen molar-refractivity contribution in [1.29, 1.82) is 0 Å². The standard InChI is InChI=1S/C19H38N4O2/c1-16(2)17(23-13-9-5-6-10-14-23)15-22-19(20-3)21-12-8-7-11-18(24)25-4/h16-17H,5-15H2,1-4H3,(H2,20,21,22). The van der Waals surface area contributed by atoms with Gasteiger partial charge >= 0.3 is 5.97 Å². The molecule has 0 radical (unpaired) electrons. The Morgan fingerprint density at radius 1 is 1.12 bits per heavy atom. The molecule has 1 heterocycles. The fourth-order valence-electron chi connectivity index (χ4n) is 3.34. The van der Waals surface area contributed by atoms with Crippen LogP contribution < -0.4 is 10.6 Å². The molecule has 1 unspecified atom stereocenters. The molecule has 1 aliphatic heterocycles. The highest BCUT2D eigenvalue weighted by Crippen LogP contribution is 2.17. The van der Waals surface area contributed by atoms with Gasteiger partial charge in [-0.25, -0.2) is 0 Å². The topological polar surface area (TPSA) is 66.0 Å². The first kappa shape index (κ1) is 21.7. The number of methoxy groups -OCH3 is 1. The second kappa shape index (κ2) is 13.0. The maximum Gasteiger partial charge on any atom is 0.305 e. The number of aliphatic imine (C=N–C) groups is 1. The van der Waals surface area contributed by atoms with E-state index in [0.29, 0.717) is 18.4 Å². The summed E-state index contributed by atoms with van der Waals surface area (Å²) in [5.41, 5.74) is 0. The van der Waals surface area contributed by atoms with Gasteiger partial charge < -0.3 is 15.4 Å². The number of guanidine groups is 1. The Morgan fingerprint density at radius 2 is 1.80 bits per heavy atom. The number of likely N-dealkylation sites (tertiary alicyclic amines) is 1. The van der Waals surface area contributed by atoms with Gasteiger partial charge in [0.25, 0.3) is 0 Å². The largest absolute Gasteiger partial charge is 0.469 e. The number of hydrogen-bond acceptors (Lipinski definition) is 4. The number of nitrogens with zero attached hydrogens (tertiary/aromatic N) is 2. The van der Waals surface area contributed by atoms with E-state index < -0.39 is 0 Å². The van der Waals surface area contributed by atoms with Crippen LogP contribution >= 0.6 is 0 Å². The molecule has 6 nitrogen and oxygen atoms in total. The lowest BCUT2D eigenvalue weighted by Gasteiger charge is -2.34. The monoisotopic (exact) mass is 354 g/mol. The van der Waals surface area contributed by atoms with E-state index >= 15 is 0 Å². The molecule has 25 heavy (non-hydrogen) atoms. The molecule has 0 amide bonds. The zero-order chi connectivity index (χ0) is 18.5. The summed E-state index contributed by atoms with van der Waals surface area (Å²) in [6.45, 7) is 8.76. The molecule has 0 bridgehead atoms. The van der Waals surface area contributed by atoms with Crippen LogP contribution in [0.1, 0.15) is 58.8 Å². The van der Waals surface area contributed by atoms with Gasteiger partial charge in [0.2, 0.25) is 0 Å². The zero-order valence-corrected chi connectivity index (χ0v) is 16.6. The third kappa shape index (κ3) is 9.10. The van der Waals surface area contributed by atoms with Crippen LogP contribution in [0.2, 0.25) is 0 Å². The Kier molecular flexibility index (Phi) is 11.3. The molecule has 1 atom stereocenters. The normalized spacial score (nSPS) is 17.9. The Bertz CT molecular complexity index is 391. The van der Waals surface area contributed by atoms with Gasteiger partial charge in [0.05, 0.1) is 7.11 Å². The van der Waals surface area contributed by atoms with Crippen molar-refractivity contribution < 1.29 is 9.53 Å². The minimum atomic E-state index is -0.139. The molecule has 1 aliphatic rings. The van der Waals surface area contributed by atoms with Crippen LogP contribution in [0.15, 0.2) is 4.99 Å². The van der Waals surface area contributed by atoms with Gasteiger partial charge in [-0.1, -0.05) is 26.7 Å². The molecular formula is C19H38N4O2. The van der Waals surface area contributed by atoms with Crippen molar-refractivity contribution in [3.05, 3.63) is 0 Å². The smallest absolute Gasteiger partial charge is 0.305 e. The molecule has 1 saturated heterocycles. The average molecular weight is 355 g/mol. The second-order valence-corrected chi connectivity index (χ2v) is 7.17. The summed E-state index contributed by atoms with van der Waals surface area (Å²) < 4.78 is 4.65. The summed E-state index contributed by atoms with van der Waals surface area (Å²) >= 11 is 0. The highest BCUT2D eigenvalue weighted by molar-refractivity contribution is 5.79. The highest BCUT2D eigenvalue weighted by atomic mass is 16.5. The molecule has 2 N–H and O–H groups in total. The van der Waals surface area contributed by atoms with Gasteiger partial charge in [-0.15, -0.1) is 0 Å². The van der Waals surface area contributed by atoms with Crippen molar-refractivity contribution in [2.75, 3.05) is 40.3 Å². The van der Waals surface area contributed by atoms with Crippen LogP contribution in [0.5, 0.6) is 0 Å². The molecule has 6 heteroatoms. The Labute approximate surface area is 153 Å². The SMILES string of the molecule is CN=C(NCCCCC(=O)OC)NCC(C(C)C)N1CCCCCC1. The van der Waals surface area contributed by atoms with Crippen molar-refractivity contribution in [3.8, 4) is 0 Å². The van der Waals surface area contributed by atoms with Gasteiger partial charge in [0.15, 0.2) is 5.96 Å². The maximum absolute atomic E-state index is 11.1. The first-order valence-corrected chi connectivity index (χ1v) is 9.83. The highest BCUT2D eigenvalue weighted by Gasteiger charge is 2.22. The van der Waals surface area contributed by atoms with Crippen LogP contribution in [0, 0.1) is 5.92 Å². The number of carbonyl (C=O) groups excluding carboxylic acids is 1. The molecular weight excluding hydrogens is 316 g/mol. The molecule has 1 fully saturated rings. The van der Waals surface area contributed by atoms with E-state index in [1.807, 2.05) is 0 Å². The molecule has 0 aromatic heterocycles. The third-order valence-corrected chi connectivity index (χ3v) is 4.91. The van der Waals surface area contributed by atoms with Gasteiger partial charge in [0, 0.05) is 32.6 Å². The van der Waals surface area contributed by atoms with Crippen molar-refractivity contribution >= 4 is 11.9 Å². The summed E-state index contributed by atoms with van der Waals surface area (Å²) in [6.07, 6.45) is 7.60. The van der Waals surface area contributed by atoms with Crippen molar-refractivity contribution in [1.82, 2.24) is 15.5 Å². The summed E-state index contributed by atoms with van der Waals surface area (Å²) in [5.74, 6) is 1.32.